The Morgan fingerprint density at radius 1 is 0.909 bits per heavy atom. The van der Waals surface area contributed by atoms with Crippen molar-refractivity contribution in [3.8, 4) is 0 Å². The van der Waals surface area contributed by atoms with Gasteiger partial charge in [-0.2, -0.15) is 9.40 Å². The van der Waals surface area contributed by atoms with Crippen LogP contribution >= 0.6 is 0 Å². The third-order valence-corrected chi connectivity index (χ3v) is 7.89. The average Bonchev–Trinajstić information content (AvgIpc) is 3.53. The second-order valence-corrected chi connectivity index (χ2v) is 10.0. The first-order chi connectivity index (χ1) is 16.0. The summed E-state index contributed by atoms with van der Waals surface area (Å²) in [6.45, 7) is 1.60. The quantitative estimate of drug-likeness (QED) is 0.469. The highest BCUT2D eigenvalue weighted by atomic mass is 32.2. The highest BCUT2D eigenvalue weighted by Crippen LogP contribution is 2.23. The molecule has 0 spiro atoms. The third-order valence-electron chi connectivity index (χ3n) is 5.98. The number of nitrogens with one attached hydrogen (secondary N) is 1. The van der Waals surface area contributed by atoms with Crippen molar-refractivity contribution in [3.05, 3.63) is 90.1 Å². The summed E-state index contributed by atoms with van der Waals surface area (Å²) in [7, 11) is -3.50. The Bertz CT molecular complexity index is 1400. The van der Waals surface area contributed by atoms with Crippen LogP contribution in [-0.2, 0) is 16.6 Å². The second kappa shape index (κ2) is 8.80. The molecule has 0 unspecified atom stereocenters. The van der Waals surface area contributed by atoms with Crippen LogP contribution in [0.4, 0.5) is 5.82 Å². The molecule has 7 nitrogen and oxygen atoms in total. The van der Waals surface area contributed by atoms with Gasteiger partial charge in [-0.05, 0) is 53.4 Å². The number of benzene rings is 3. The minimum Gasteiger partial charge on any atom is -0.307 e. The Morgan fingerprint density at radius 2 is 1.64 bits per heavy atom. The van der Waals surface area contributed by atoms with Crippen LogP contribution in [0.5, 0.6) is 0 Å². The van der Waals surface area contributed by atoms with Crippen molar-refractivity contribution in [2.45, 2.75) is 24.3 Å². The van der Waals surface area contributed by atoms with Crippen LogP contribution in [0.25, 0.3) is 10.8 Å². The van der Waals surface area contributed by atoms with E-state index in [1.54, 1.807) is 29.1 Å². The molecule has 8 heteroatoms. The van der Waals surface area contributed by atoms with Gasteiger partial charge in [-0.3, -0.25) is 4.79 Å². The van der Waals surface area contributed by atoms with E-state index in [1.807, 2.05) is 18.2 Å². The van der Waals surface area contributed by atoms with E-state index >= 15 is 0 Å². The first-order valence-electron chi connectivity index (χ1n) is 10.9. The van der Waals surface area contributed by atoms with E-state index in [0.29, 0.717) is 31.0 Å². The largest absolute Gasteiger partial charge is 0.307 e. The number of sulfonamides is 1. The molecule has 1 aliphatic rings. The van der Waals surface area contributed by atoms with E-state index < -0.39 is 10.0 Å². The number of hydrogen-bond donors (Lipinski definition) is 1. The van der Waals surface area contributed by atoms with E-state index in [9.17, 15) is 13.2 Å². The van der Waals surface area contributed by atoms with Crippen LogP contribution in [0.1, 0.15) is 28.8 Å². The fourth-order valence-corrected chi connectivity index (χ4v) is 5.72. The molecular formula is C25H24N4O3S. The number of amides is 1. The number of hydrogen-bond acceptors (Lipinski definition) is 4. The van der Waals surface area contributed by atoms with E-state index in [-0.39, 0.29) is 10.8 Å². The lowest BCUT2D eigenvalue weighted by molar-refractivity contribution is 0.102. The molecule has 0 aliphatic carbocycles. The number of fused-ring (bicyclic) bond motifs is 1. The summed E-state index contributed by atoms with van der Waals surface area (Å²) < 4.78 is 28.6. The summed E-state index contributed by atoms with van der Waals surface area (Å²) >= 11 is 0. The van der Waals surface area contributed by atoms with Gasteiger partial charge in [0.2, 0.25) is 10.0 Å². The lowest BCUT2D eigenvalue weighted by Crippen LogP contribution is -2.27. The van der Waals surface area contributed by atoms with Gasteiger partial charge >= 0.3 is 0 Å². The highest BCUT2D eigenvalue weighted by molar-refractivity contribution is 7.89. The van der Waals surface area contributed by atoms with Gasteiger partial charge in [0, 0.05) is 24.7 Å². The van der Waals surface area contributed by atoms with Gasteiger partial charge < -0.3 is 5.32 Å². The zero-order valence-corrected chi connectivity index (χ0v) is 18.8. The molecule has 0 atom stereocenters. The molecule has 1 aromatic heterocycles. The summed E-state index contributed by atoms with van der Waals surface area (Å²) in [5.41, 5.74) is 1.48. The maximum absolute atomic E-state index is 12.8. The molecule has 2 heterocycles. The molecule has 0 bridgehead atoms. The SMILES string of the molecule is O=C(Nc1ccnn1Cc1cccc2ccccc12)c1ccc(S(=O)(=O)N2CCCC2)cc1. The van der Waals surface area contributed by atoms with Gasteiger partial charge in [0.1, 0.15) is 5.82 Å². The monoisotopic (exact) mass is 460 g/mol. The number of carbonyl (C=O) groups is 1. The van der Waals surface area contributed by atoms with Gasteiger partial charge in [0.15, 0.2) is 0 Å². The van der Waals surface area contributed by atoms with Crippen LogP contribution in [0.2, 0.25) is 0 Å². The van der Waals surface area contributed by atoms with E-state index in [1.165, 1.54) is 16.4 Å². The topological polar surface area (TPSA) is 84.3 Å². The number of aromatic nitrogens is 2. The standard InChI is InChI=1S/C25H24N4O3S/c30-25(20-10-12-22(13-11-20)33(31,32)28-16-3-4-17-28)27-24-14-15-26-29(24)18-21-8-5-7-19-6-1-2-9-23(19)21/h1-2,5-15H,3-4,16-18H2,(H,27,30). The smallest absolute Gasteiger partial charge is 0.256 e. The van der Waals surface area contributed by atoms with Gasteiger partial charge in [-0.15, -0.1) is 0 Å². The van der Waals surface area contributed by atoms with Crippen LogP contribution in [0.3, 0.4) is 0 Å². The first-order valence-corrected chi connectivity index (χ1v) is 12.4. The maximum atomic E-state index is 12.8. The van der Waals surface area contributed by atoms with Crippen molar-refractivity contribution in [1.82, 2.24) is 14.1 Å². The lowest BCUT2D eigenvalue weighted by atomic mass is 10.0. The average molecular weight is 461 g/mol. The molecular weight excluding hydrogens is 436 g/mol. The fraction of sp³-hybridized carbons (Fsp3) is 0.200. The van der Waals surface area contributed by atoms with Gasteiger partial charge in [0.05, 0.1) is 17.6 Å². The summed E-state index contributed by atoms with van der Waals surface area (Å²) in [5, 5.41) is 9.55. The second-order valence-electron chi connectivity index (χ2n) is 8.10. The third kappa shape index (κ3) is 4.27. The van der Waals surface area contributed by atoms with E-state index in [2.05, 4.69) is 34.7 Å². The summed E-state index contributed by atoms with van der Waals surface area (Å²) in [4.78, 5) is 13.0. The fourth-order valence-electron chi connectivity index (χ4n) is 4.20. The molecule has 0 saturated carbocycles. The van der Waals surface area contributed by atoms with Crippen LogP contribution in [0.15, 0.2) is 83.9 Å². The molecule has 1 N–H and O–H groups in total. The van der Waals surface area contributed by atoms with Crippen molar-refractivity contribution in [2.24, 2.45) is 0 Å². The molecule has 5 rings (SSSR count). The molecule has 1 aliphatic heterocycles. The molecule has 3 aromatic carbocycles. The van der Waals surface area contributed by atoms with Gasteiger partial charge in [-0.25, -0.2) is 13.1 Å². The van der Waals surface area contributed by atoms with Gasteiger partial charge in [0.25, 0.3) is 5.91 Å². The Hall–Kier alpha value is -3.49. The predicted octanol–water partition coefficient (Wildman–Crippen LogP) is 4.12. The summed E-state index contributed by atoms with van der Waals surface area (Å²) in [6, 6.07) is 22.1. The van der Waals surface area contributed by atoms with Crippen LogP contribution in [0, 0.1) is 0 Å². The van der Waals surface area contributed by atoms with Crippen molar-refractivity contribution in [1.29, 1.82) is 0 Å². The molecule has 0 radical (unpaired) electrons. The Kier molecular flexibility index (Phi) is 5.70. The lowest BCUT2D eigenvalue weighted by Gasteiger charge is -2.15. The molecule has 1 fully saturated rings. The number of rotatable bonds is 6. The number of carbonyl (C=O) groups excluding carboxylic acids is 1. The normalized spacial score (nSPS) is 14.5. The number of anilines is 1. The molecule has 4 aromatic rings. The first kappa shape index (κ1) is 21.4. The zero-order valence-electron chi connectivity index (χ0n) is 18.0. The molecule has 1 saturated heterocycles. The summed E-state index contributed by atoms with van der Waals surface area (Å²) in [5.74, 6) is 0.251. The van der Waals surface area contributed by atoms with E-state index in [0.717, 1.165) is 29.2 Å². The summed E-state index contributed by atoms with van der Waals surface area (Å²) in [6.07, 6.45) is 3.41. The van der Waals surface area contributed by atoms with Crippen molar-refractivity contribution < 1.29 is 13.2 Å². The van der Waals surface area contributed by atoms with Crippen molar-refractivity contribution in [3.63, 3.8) is 0 Å². The Morgan fingerprint density at radius 3 is 2.42 bits per heavy atom. The molecule has 1 amide bonds. The predicted molar refractivity (Wildman–Crippen MR) is 128 cm³/mol. The van der Waals surface area contributed by atoms with Crippen LogP contribution < -0.4 is 5.32 Å². The Balaban J connectivity index is 1.32. The van der Waals surface area contributed by atoms with Crippen LogP contribution in [-0.4, -0.2) is 41.5 Å². The zero-order chi connectivity index (χ0) is 22.8. The van der Waals surface area contributed by atoms with E-state index in [4.69, 9.17) is 0 Å². The highest BCUT2D eigenvalue weighted by Gasteiger charge is 2.27. The Labute approximate surface area is 192 Å². The minimum atomic E-state index is -3.50. The van der Waals surface area contributed by atoms with Crippen molar-refractivity contribution in [2.75, 3.05) is 18.4 Å². The number of nitrogens with zero attached hydrogens (tertiary/aromatic N) is 3. The molecule has 33 heavy (non-hydrogen) atoms. The van der Waals surface area contributed by atoms with Crippen molar-refractivity contribution >= 4 is 32.5 Å². The maximum Gasteiger partial charge on any atom is 0.256 e. The molecule has 168 valence electrons. The van der Waals surface area contributed by atoms with Gasteiger partial charge in [-0.1, -0.05) is 42.5 Å². The minimum absolute atomic E-state index is 0.210.